The normalized spacial score (nSPS) is 11.0. The standard InChI is InChI=1S/C17H9Cl3N4OS/c18-11-4-1-9(2-5-11)14-8-26-17-22-16(23-24(14)17)21-15(25)10-3-6-12(19)13(20)7-10/h1-8H,(H,21,23,25). The van der Waals surface area contributed by atoms with Crippen LogP contribution in [-0.2, 0) is 0 Å². The van der Waals surface area contributed by atoms with Crippen molar-refractivity contribution in [1.29, 1.82) is 0 Å². The highest BCUT2D eigenvalue weighted by Gasteiger charge is 2.15. The van der Waals surface area contributed by atoms with Gasteiger partial charge in [0.15, 0.2) is 0 Å². The Bertz CT molecular complexity index is 1120. The van der Waals surface area contributed by atoms with Crippen LogP contribution in [0.15, 0.2) is 47.8 Å². The first-order chi connectivity index (χ1) is 12.5. The van der Waals surface area contributed by atoms with E-state index >= 15 is 0 Å². The molecular weight excluding hydrogens is 415 g/mol. The first-order valence-electron chi connectivity index (χ1n) is 7.38. The van der Waals surface area contributed by atoms with E-state index in [4.69, 9.17) is 34.8 Å². The topological polar surface area (TPSA) is 59.3 Å². The molecule has 4 aromatic rings. The summed E-state index contributed by atoms with van der Waals surface area (Å²) in [6.45, 7) is 0. The number of carbonyl (C=O) groups is 1. The molecule has 0 aliphatic rings. The number of amides is 1. The van der Waals surface area contributed by atoms with Gasteiger partial charge in [0, 0.05) is 21.5 Å². The van der Waals surface area contributed by atoms with Crippen LogP contribution in [0.25, 0.3) is 16.2 Å². The van der Waals surface area contributed by atoms with Gasteiger partial charge in [-0.05, 0) is 30.3 Å². The van der Waals surface area contributed by atoms with Crippen LogP contribution in [0.1, 0.15) is 10.4 Å². The third-order valence-corrected chi connectivity index (χ3v) is 5.44. The minimum atomic E-state index is -0.366. The molecular formula is C17H9Cl3N4OS. The third-order valence-electron chi connectivity index (χ3n) is 3.63. The molecule has 130 valence electrons. The number of thiazole rings is 1. The maximum absolute atomic E-state index is 12.4. The van der Waals surface area contributed by atoms with Crippen molar-refractivity contribution in [2.24, 2.45) is 0 Å². The predicted molar refractivity (Wildman–Crippen MR) is 106 cm³/mol. The van der Waals surface area contributed by atoms with Crippen molar-refractivity contribution in [2.75, 3.05) is 5.32 Å². The van der Waals surface area contributed by atoms with Gasteiger partial charge in [-0.2, -0.15) is 4.98 Å². The van der Waals surface area contributed by atoms with Crippen molar-refractivity contribution >= 4 is 63.0 Å². The molecule has 1 amide bonds. The van der Waals surface area contributed by atoms with Gasteiger partial charge in [-0.25, -0.2) is 4.52 Å². The van der Waals surface area contributed by atoms with E-state index in [1.54, 1.807) is 16.6 Å². The summed E-state index contributed by atoms with van der Waals surface area (Å²) in [6.07, 6.45) is 0. The van der Waals surface area contributed by atoms with Crippen LogP contribution in [0.2, 0.25) is 15.1 Å². The lowest BCUT2D eigenvalue weighted by Crippen LogP contribution is -2.13. The number of hydrogen-bond acceptors (Lipinski definition) is 4. The zero-order valence-corrected chi connectivity index (χ0v) is 16.0. The van der Waals surface area contributed by atoms with E-state index in [1.807, 2.05) is 29.6 Å². The molecule has 0 unspecified atom stereocenters. The van der Waals surface area contributed by atoms with E-state index in [0.29, 0.717) is 25.6 Å². The van der Waals surface area contributed by atoms with Crippen molar-refractivity contribution < 1.29 is 4.79 Å². The van der Waals surface area contributed by atoms with E-state index < -0.39 is 0 Å². The van der Waals surface area contributed by atoms with Gasteiger partial charge >= 0.3 is 0 Å². The maximum Gasteiger partial charge on any atom is 0.258 e. The van der Waals surface area contributed by atoms with Gasteiger partial charge in [0.05, 0.1) is 15.7 Å². The summed E-state index contributed by atoms with van der Waals surface area (Å²) in [6, 6.07) is 12.1. The van der Waals surface area contributed by atoms with Crippen molar-refractivity contribution in [3.63, 3.8) is 0 Å². The fourth-order valence-electron chi connectivity index (χ4n) is 2.36. The molecule has 5 nitrogen and oxygen atoms in total. The van der Waals surface area contributed by atoms with Crippen LogP contribution in [0, 0.1) is 0 Å². The predicted octanol–water partition coefficient (Wildman–Crippen LogP) is 5.67. The maximum atomic E-state index is 12.4. The molecule has 0 atom stereocenters. The van der Waals surface area contributed by atoms with Crippen LogP contribution in [0.4, 0.5) is 5.95 Å². The number of nitrogens with zero attached hydrogens (tertiary/aromatic N) is 3. The van der Waals surface area contributed by atoms with Gasteiger partial charge in [-0.3, -0.25) is 10.1 Å². The SMILES string of the molecule is O=C(Nc1nc2scc(-c3ccc(Cl)cc3)n2n1)c1ccc(Cl)c(Cl)c1. The number of carbonyl (C=O) groups excluding carboxylic acids is 1. The fraction of sp³-hybridized carbons (Fsp3) is 0. The third kappa shape index (κ3) is 3.29. The molecule has 0 saturated heterocycles. The van der Waals surface area contributed by atoms with Crippen LogP contribution in [0.5, 0.6) is 0 Å². The van der Waals surface area contributed by atoms with Crippen molar-refractivity contribution in [1.82, 2.24) is 14.6 Å². The Labute approximate surface area is 167 Å². The Morgan fingerprint density at radius 2 is 1.81 bits per heavy atom. The smallest absolute Gasteiger partial charge is 0.258 e. The van der Waals surface area contributed by atoms with Crippen molar-refractivity contribution in [3.8, 4) is 11.3 Å². The number of fused-ring (bicyclic) bond motifs is 1. The summed E-state index contributed by atoms with van der Waals surface area (Å²) in [5.74, 6) is -0.155. The highest BCUT2D eigenvalue weighted by atomic mass is 35.5. The molecule has 0 spiro atoms. The second kappa shape index (κ2) is 6.89. The highest BCUT2D eigenvalue weighted by molar-refractivity contribution is 7.15. The Hall–Kier alpha value is -2.12. The molecule has 0 bridgehead atoms. The van der Waals surface area contributed by atoms with E-state index in [9.17, 15) is 4.79 Å². The van der Waals surface area contributed by atoms with E-state index in [-0.39, 0.29) is 11.9 Å². The van der Waals surface area contributed by atoms with Crippen molar-refractivity contribution in [2.45, 2.75) is 0 Å². The lowest BCUT2D eigenvalue weighted by molar-refractivity contribution is 0.102. The average Bonchev–Trinajstić information content (AvgIpc) is 3.18. The van der Waals surface area contributed by atoms with Crippen LogP contribution in [-0.4, -0.2) is 20.5 Å². The molecule has 9 heteroatoms. The molecule has 0 aliphatic heterocycles. The van der Waals surface area contributed by atoms with E-state index in [0.717, 1.165) is 11.3 Å². The number of halogens is 3. The summed E-state index contributed by atoms with van der Waals surface area (Å²) in [5.41, 5.74) is 2.19. The molecule has 2 heterocycles. The first kappa shape index (κ1) is 17.3. The monoisotopic (exact) mass is 422 g/mol. The largest absolute Gasteiger partial charge is 0.289 e. The molecule has 0 aliphatic carbocycles. The molecule has 0 saturated carbocycles. The van der Waals surface area contributed by atoms with Crippen molar-refractivity contribution in [3.05, 3.63) is 68.5 Å². The molecule has 4 rings (SSSR count). The number of nitrogens with one attached hydrogen (secondary N) is 1. The summed E-state index contributed by atoms with van der Waals surface area (Å²) >= 11 is 19.2. The summed E-state index contributed by atoms with van der Waals surface area (Å²) in [7, 11) is 0. The number of hydrogen-bond donors (Lipinski definition) is 1. The number of rotatable bonds is 3. The Morgan fingerprint density at radius 3 is 2.54 bits per heavy atom. The Kier molecular flexibility index (Phi) is 4.58. The van der Waals surface area contributed by atoms with E-state index in [2.05, 4.69) is 15.4 Å². The van der Waals surface area contributed by atoms with Gasteiger partial charge in [0.2, 0.25) is 4.96 Å². The minimum Gasteiger partial charge on any atom is -0.289 e. The van der Waals surface area contributed by atoms with E-state index in [1.165, 1.54) is 17.4 Å². The van der Waals surface area contributed by atoms with Gasteiger partial charge in [-0.1, -0.05) is 46.9 Å². The molecule has 0 radical (unpaired) electrons. The quantitative estimate of drug-likeness (QED) is 0.462. The fourth-order valence-corrected chi connectivity index (χ4v) is 3.62. The number of benzene rings is 2. The molecule has 2 aromatic heterocycles. The summed E-state index contributed by atoms with van der Waals surface area (Å²) in [4.78, 5) is 17.4. The molecule has 0 fully saturated rings. The van der Waals surface area contributed by atoms with Crippen LogP contribution in [0.3, 0.4) is 0 Å². The van der Waals surface area contributed by atoms with Gasteiger partial charge in [0.25, 0.3) is 11.9 Å². The van der Waals surface area contributed by atoms with Crippen LogP contribution >= 0.6 is 46.1 Å². The highest BCUT2D eigenvalue weighted by Crippen LogP contribution is 2.27. The second-order valence-corrected chi connectivity index (χ2v) is 7.43. The second-order valence-electron chi connectivity index (χ2n) is 5.34. The number of anilines is 1. The minimum absolute atomic E-state index is 0.211. The Morgan fingerprint density at radius 1 is 1.04 bits per heavy atom. The lowest BCUT2D eigenvalue weighted by Gasteiger charge is -2.02. The molecule has 26 heavy (non-hydrogen) atoms. The zero-order chi connectivity index (χ0) is 18.3. The zero-order valence-electron chi connectivity index (χ0n) is 12.9. The van der Waals surface area contributed by atoms with Gasteiger partial charge in [0.1, 0.15) is 0 Å². The van der Waals surface area contributed by atoms with Gasteiger partial charge in [-0.15, -0.1) is 16.4 Å². The van der Waals surface area contributed by atoms with Crippen LogP contribution < -0.4 is 5.32 Å². The molecule has 2 aromatic carbocycles. The van der Waals surface area contributed by atoms with Gasteiger partial charge < -0.3 is 0 Å². The molecule has 1 N–H and O–H groups in total. The average molecular weight is 424 g/mol. The Balaban J connectivity index is 1.62. The lowest BCUT2D eigenvalue weighted by atomic mass is 10.2. The number of aromatic nitrogens is 3. The summed E-state index contributed by atoms with van der Waals surface area (Å²) in [5, 5.41) is 10.3. The first-order valence-corrected chi connectivity index (χ1v) is 9.39. The summed E-state index contributed by atoms with van der Waals surface area (Å²) < 4.78 is 1.68.